The molecule has 1 aromatic rings. The first kappa shape index (κ1) is 20.9. The van der Waals surface area contributed by atoms with Gasteiger partial charge in [0.2, 0.25) is 0 Å². The number of carbonyl (C=O) groups excluding carboxylic acids is 3. The molecule has 2 heterocycles. The van der Waals surface area contributed by atoms with Crippen LogP contribution in [0.1, 0.15) is 19.4 Å². The molecule has 0 radical (unpaired) electrons. The molecule has 9 heteroatoms. The first-order valence-corrected chi connectivity index (χ1v) is 10.5. The van der Waals surface area contributed by atoms with E-state index in [1.54, 1.807) is 43.0 Å². The molecule has 1 aromatic carbocycles. The van der Waals surface area contributed by atoms with Crippen LogP contribution in [-0.2, 0) is 14.3 Å². The van der Waals surface area contributed by atoms with Gasteiger partial charge in [-0.05, 0) is 65.3 Å². The lowest BCUT2D eigenvalue weighted by Crippen LogP contribution is -2.43. The van der Waals surface area contributed by atoms with Crippen LogP contribution >= 0.6 is 27.7 Å². The van der Waals surface area contributed by atoms with E-state index >= 15 is 0 Å². The van der Waals surface area contributed by atoms with Crippen molar-refractivity contribution in [2.75, 3.05) is 32.9 Å². The van der Waals surface area contributed by atoms with Crippen LogP contribution in [0, 0.1) is 0 Å². The third-order valence-corrected chi connectivity index (χ3v) is 5.81. The zero-order valence-corrected chi connectivity index (χ0v) is 18.0. The summed E-state index contributed by atoms with van der Waals surface area (Å²) in [5, 5.41) is -0.258. The second kappa shape index (κ2) is 9.11. The van der Waals surface area contributed by atoms with Crippen molar-refractivity contribution >= 4 is 50.8 Å². The summed E-state index contributed by atoms with van der Waals surface area (Å²) in [6.45, 7) is 5.81. The van der Waals surface area contributed by atoms with Crippen LogP contribution in [0.4, 0.5) is 4.79 Å². The molecule has 28 heavy (non-hydrogen) atoms. The van der Waals surface area contributed by atoms with E-state index in [9.17, 15) is 14.4 Å². The number of rotatable bonds is 5. The van der Waals surface area contributed by atoms with Gasteiger partial charge in [0, 0.05) is 19.1 Å². The van der Waals surface area contributed by atoms with E-state index in [1.807, 2.05) is 0 Å². The maximum Gasteiger partial charge on any atom is 0.293 e. The molecule has 0 aromatic heterocycles. The van der Waals surface area contributed by atoms with Crippen LogP contribution in [-0.4, -0.2) is 65.8 Å². The zero-order chi connectivity index (χ0) is 20.3. The van der Waals surface area contributed by atoms with E-state index in [0.717, 1.165) is 17.3 Å². The Morgan fingerprint density at radius 2 is 2.04 bits per heavy atom. The van der Waals surface area contributed by atoms with Crippen molar-refractivity contribution in [1.29, 1.82) is 0 Å². The Labute approximate surface area is 176 Å². The SMILES string of the molecule is CC(C)N1C(=O)SC(=Cc2ccc(OCC(=O)N3CCOCC3)c(Br)c2)C1=O. The molecule has 2 saturated heterocycles. The van der Waals surface area contributed by atoms with E-state index in [-0.39, 0.29) is 29.7 Å². The van der Waals surface area contributed by atoms with Gasteiger partial charge in [0.15, 0.2) is 6.61 Å². The molecular formula is C19H21BrN2O5S. The van der Waals surface area contributed by atoms with Crippen LogP contribution in [0.25, 0.3) is 6.08 Å². The van der Waals surface area contributed by atoms with Crippen LogP contribution < -0.4 is 4.74 Å². The van der Waals surface area contributed by atoms with Gasteiger partial charge in [-0.3, -0.25) is 19.3 Å². The molecular weight excluding hydrogens is 448 g/mol. The number of hydrogen-bond donors (Lipinski definition) is 0. The van der Waals surface area contributed by atoms with Gasteiger partial charge in [-0.2, -0.15) is 0 Å². The smallest absolute Gasteiger partial charge is 0.293 e. The molecule has 0 saturated carbocycles. The maximum absolute atomic E-state index is 12.4. The summed E-state index contributed by atoms with van der Waals surface area (Å²) in [6.07, 6.45) is 1.68. The minimum absolute atomic E-state index is 0.0504. The fourth-order valence-corrected chi connectivity index (χ4v) is 4.32. The number of carbonyl (C=O) groups is 3. The van der Waals surface area contributed by atoms with Crippen LogP contribution in [0.15, 0.2) is 27.6 Å². The first-order valence-electron chi connectivity index (χ1n) is 8.91. The largest absolute Gasteiger partial charge is 0.483 e. The van der Waals surface area contributed by atoms with Gasteiger partial charge in [-0.25, -0.2) is 0 Å². The number of morpholine rings is 1. The number of nitrogens with zero attached hydrogens (tertiary/aromatic N) is 2. The normalized spacial score (nSPS) is 19.1. The van der Waals surface area contributed by atoms with E-state index in [1.165, 1.54) is 4.90 Å². The number of thioether (sulfide) groups is 1. The third kappa shape index (κ3) is 4.76. The lowest BCUT2D eigenvalue weighted by molar-refractivity contribution is -0.137. The lowest BCUT2D eigenvalue weighted by atomic mass is 10.2. The average Bonchev–Trinajstić information content (AvgIpc) is 2.94. The lowest BCUT2D eigenvalue weighted by Gasteiger charge is -2.26. The maximum atomic E-state index is 12.4. The minimum atomic E-state index is -0.280. The van der Waals surface area contributed by atoms with Crippen molar-refractivity contribution in [2.24, 2.45) is 0 Å². The Balaban J connectivity index is 1.65. The Morgan fingerprint density at radius 3 is 2.64 bits per heavy atom. The highest BCUT2D eigenvalue weighted by Gasteiger charge is 2.36. The van der Waals surface area contributed by atoms with E-state index < -0.39 is 0 Å². The third-order valence-electron chi connectivity index (χ3n) is 4.31. The van der Waals surface area contributed by atoms with Gasteiger partial charge in [-0.15, -0.1) is 0 Å². The van der Waals surface area contributed by atoms with E-state index in [2.05, 4.69) is 15.9 Å². The van der Waals surface area contributed by atoms with Gasteiger partial charge >= 0.3 is 0 Å². The summed E-state index contributed by atoms with van der Waals surface area (Å²) in [5.41, 5.74) is 0.757. The summed E-state index contributed by atoms with van der Waals surface area (Å²) in [5.74, 6) is 0.174. The zero-order valence-electron chi connectivity index (χ0n) is 15.6. The predicted molar refractivity (Wildman–Crippen MR) is 110 cm³/mol. The van der Waals surface area contributed by atoms with Gasteiger partial charge in [-0.1, -0.05) is 6.07 Å². The predicted octanol–water partition coefficient (Wildman–Crippen LogP) is 3.13. The van der Waals surface area contributed by atoms with Crippen LogP contribution in [0.5, 0.6) is 5.75 Å². The molecule has 0 bridgehead atoms. The highest BCUT2D eigenvalue weighted by atomic mass is 79.9. The Hall–Kier alpha value is -1.84. The van der Waals surface area contributed by atoms with Gasteiger partial charge < -0.3 is 14.4 Å². The fourth-order valence-electron chi connectivity index (χ4n) is 2.84. The standard InChI is InChI=1S/C19H21BrN2O5S/c1-12(2)22-18(24)16(28-19(22)25)10-13-3-4-15(14(20)9-13)27-11-17(23)21-5-7-26-8-6-21/h3-4,9-10,12H,5-8,11H2,1-2H3. The molecule has 7 nitrogen and oxygen atoms in total. The molecule has 2 fully saturated rings. The van der Waals surface area contributed by atoms with E-state index in [0.29, 0.717) is 41.4 Å². The highest BCUT2D eigenvalue weighted by Crippen LogP contribution is 2.34. The highest BCUT2D eigenvalue weighted by molar-refractivity contribution is 9.10. The minimum Gasteiger partial charge on any atom is -0.483 e. The van der Waals surface area contributed by atoms with Crippen molar-refractivity contribution in [3.63, 3.8) is 0 Å². The van der Waals surface area contributed by atoms with Crippen molar-refractivity contribution in [2.45, 2.75) is 19.9 Å². The summed E-state index contributed by atoms with van der Waals surface area (Å²) < 4.78 is 11.5. The van der Waals surface area contributed by atoms with Crippen molar-refractivity contribution in [1.82, 2.24) is 9.80 Å². The van der Waals surface area contributed by atoms with Crippen LogP contribution in [0.2, 0.25) is 0 Å². The molecule has 0 aliphatic carbocycles. The molecule has 2 aliphatic rings. The molecule has 3 amide bonds. The fraction of sp³-hybridized carbons (Fsp3) is 0.421. The number of hydrogen-bond acceptors (Lipinski definition) is 6. The monoisotopic (exact) mass is 468 g/mol. The van der Waals surface area contributed by atoms with Crippen LogP contribution in [0.3, 0.4) is 0 Å². The molecule has 3 rings (SSSR count). The number of halogens is 1. The second-order valence-electron chi connectivity index (χ2n) is 6.62. The summed E-state index contributed by atoms with van der Waals surface area (Å²) in [6, 6.07) is 5.13. The van der Waals surface area contributed by atoms with Crippen molar-refractivity contribution in [3.05, 3.63) is 33.1 Å². The van der Waals surface area contributed by atoms with Crippen molar-refractivity contribution in [3.8, 4) is 5.75 Å². The number of benzene rings is 1. The average molecular weight is 469 g/mol. The Bertz CT molecular complexity index is 821. The quantitative estimate of drug-likeness (QED) is 0.617. The van der Waals surface area contributed by atoms with Crippen molar-refractivity contribution < 1.29 is 23.9 Å². The number of ether oxygens (including phenoxy) is 2. The molecule has 0 unspecified atom stereocenters. The van der Waals surface area contributed by atoms with Gasteiger partial charge in [0.1, 0.15) is 5.75 Å². The Morgan fingerprint density at radius 1 is 1.32 bits per heavy atom. The Kier molecular flexibility index (Phi) is 6.79. The second-order valence-corrected chi connectivity index (χ2v) is 8.46. The number of imide groups is 1. The number of amides is 3. The van der Waals surface area contributed by atoms with Gasteiger partial charge in [0.25, 0.3) is 17.1 Å². The molecule has 2 aliphatic heterocycles. The molecule has 0 atom stereocenters. The van der Waals surface area contributed by atoms with Gasteiger partial charge in [0.05, 0.1) is 22.6 Å². The molecule has 0 spiro atoms. The summed E-state index contributed by atoms with van der Waals surface area (Å²) in [7, 11) is 0. The van der Waals surface area contributed by atoms with E-state index in [4.69, 9.17) is 9.47 Å². The summed E-state index contributed by atoms with van der Waals surface area (Å²) >= 11 is 4.37. The topological polar surface area (TPSA) is 76.2 Å². The molecule has 0 N–H and O–H groups in total. The molecule has 150 valence electrons. The first-order chi connectivity index (χ1) is 13.4. The summed E-state index contributed by atoms with van der Waals surface area (Å²) in [4.78, 5) is 39.9.